The first kappa shape index (κ1) is 22.0. The summed E-state index contributed by atoms with van der Waals surface area (Å²) in [6.07, 6.45) is -0.124. The van der Waals surface area contributed by atoms with Crippen LogP contribution in [0.4, 0.5) is 15.8 Å². The molecule has 0 bridgehead atoms. The second-order valence-corrected chi connectivity index (χ2v) is 7.05. The molecular formula is C22H18ClFN2O5. The Bertz CT molecular complexity index is 1100. The van der Waals surface area contributed by atoms with Crippen molar-refractivity contribution < 1.29 is 23.8 Å². The first-order valence-corrected chi connectivity index (χ1v) is 9.57. The van der Waals surface area contributed by atoms with E-state index in [-0.39, 0.29) is 29.5 Å². The van der Waals surface area contributed by atoms with Crippen molar-refractivity contribution in [1.82, 2.24) is 0 Å². The van der Waals surface area contributed by atoms with Gasteiger partial charge in [-0.15, -0.1) is 10.1 Å². The van der Waals surface area contributed by atoms with Gasteiger partial charge < -0.3 is 14.9 Å². The molecule has 3 rings (SSSR count). The quantitative estimate of drug-likeness (QED) is 0.217. The maximum Gasteiger partial charge on any atom is 0.315 e. The molecule has 0 unspecified atom stereocenters. The molecule has 0 aromatic heterocycles. The molecule has 1 N–H and O–H groups in total. The number of carbonyl (C=O) groups is 1. The standard InChI is InChI=1S/C22H18ClFN2O5/c1-14-9-10-19(25-22-17(23)6-4-7-18(22)24)16(11-14)12-21(27)31-20-8-3-2-5-15(20)13-30-26(28)29/h2-11,25H,12-13H2,1H3. The van der Waals surface area contributed by atoms with Crippen molar-refractivity contribution in [3.05, 3.63) is 98.3 Å². The fourth-order valence-electron chi connectivity index (χ4n) is 2.90. The van der Waals surface area contributed by atoms with Crippen LogP contribution in [0.15, 0.2) is 60.7 Å². The molecule has 3 aromatic rings. The average Bonchev–Trinajstić information content (AvgIpc) is 2.71. The van der Waals surface area contributed by atoms with Crippen LogP contribution in [0, 0.1) is 22.9 Å². The molecule has 0 atom stereocenters. The minimum atomic E-state index is -0.920. The van der Waals surface area contributed by atoms with Gasteiger partial charge in [0.25, 0.3) is 5.09 Å². The van der Waals surface area contributed by atoms with Gasteiger partial charge in [-0.1, -0.05) is 53.6 Å². The van der Waals surface area contributed by atoms with E-state index in [0.29, 0.717) is 16.8 Å². The molecule has 0 saturated carbocycles. The average molecular weight is 445 g/mol. The van der Waals surface area contributed by atoms with Gasteiger partial charge in [0.2, 0.25) is 0 Å². The molecule has 0 amide bonds. The second kappa shape index (κ2) is 9.90. The smallest absolute Gasteiger partial charge is 0.315 e. The maximum atomic E-state index is 14.2. The van der Waals surface area contributed by atoms with Crippen molar-refractivity contribution in [3.8, 4) is 5.75 Å². The summed E-state index contributed by atoms with van der Waals surface area (Å²) < 4.78 is 19.6. The third kappa shape index (κ3) is 5.93. The zero-order valence-electron chi connectivity index (χ0n) is 16.4. The van der Waals surface area contributed by atoms with Gasteiger partial charge in [0.15, 0.2) is 0 Å². The Kier molecular flexibility index (Phi) is 7.04. The van der Waals surface area contributed by atoms with Crippen LogP contribution in [0.5, 0.6) is 5.75 Å². The van der Waals surface area contributed by atoms with E-state index >= 15 is 0 Å². The maximum absolute atomic E-state index is 14.2. The Morgan fingerprint density at radius 3 is 2.65 bits per heavy atom. The largest absolute Gasteiger partial charge is 0.426 e. The zero-order chi connectivity index (χ0) is 22.4. The van der Waals surface area contributed by atoms with Gasteiger partial charge in [0, 0.05) is 11.3 Å². The molecule has 0 fully saturated rings. The second-order valence-electron chi connectivity index (χ2n) is 6.64. The molecule has 0 aliphatic carbocycles. The minimum Gasteiger partial charge on any atom is -0.426 e. The summed E-state index contributed by atoms with van der Waals surface area (Å²) in [4.78, 5) is 27.4. The predicted molar refractivity (Wildman–Crippen MR) is 113 cm³/mol. The number of esters is 1. The van der Waals surface area contributed by atoms with Crippen molar-refractivity contribution in [1.29, 1.82) is 0 Å². The molecule has 9 heteroatoms. The number of nitrogens with zero attached hydrogens (tertiary/aromatic N) is 1. The molecule has 0 spiro atoms. The number of aryl methyl sites for hydroxylation is 1. The van der Waals surface area contributed by atoms with Crippen LogP contribution in [-0.2, 0) is 22.7 Å². The van der Waals surface area contributed by atoms with Crippen LogP contribution in [0.25, 0.3) is 0 Å². The van der Waals surface area contributed by atoms with Gasteiger partial charge in [-0.3, -0.25) is 4.79 Å². The van der Waals surface area contributed by atoms with Crippen LogP contribution in [-0.4, -0.2) is 11.1 Å². The fraction of sp³-hybridized carbons (Fsp3) is 0.136. The highest BCUT2D eigenvalue weighted by Crippen LogP contribution is 2.30. The van der Waals surface area contributed by atoms with E-state index in [2.05, 4.69) is 10.2 Å². The number of nitrogens with one attached hydrogen (secondary N) is 1. The number of anilines is 2. The topological polar surface area (TPSA) is 90.7 Å². The van der Waals surface area contributed by atoms with Gasteiger partial charge in [0.1, 0.15) is 18.2 Å². The van der Waals surface area contributed by atoms with Crippen LogP contribution in [0.2, 0.25) is 5.02 Å². The van der Waals surface area contributed by atoms with E-state index in [1.165, 1.54) is 18.2 Å². The van der Waals surface area contributed by atoms with Crippen molar-refractivity contribution >= 4 is 28.9 Å². The molecule has 160 valence electrons. The number of rotatable bonds is 8. The lowest BCUT2D eigenvalue weighted by Gasteiger charge is -2.15. The lowest BCUT2D eigenvalue weighted by atomic mass is 10.1. The van der Waals surface area contributed by atoms with Gasteiger partial charge in [0.05, 0.1) is 17.1 Å². The Labute approximate surface area is 182 Å². The number of carbonyl (C=O) groups excluding carboxylic acids is 1. The van der Waals surface area contributed by atoms with E-state index in [1.54, 1.807) is 36.4 Å². The Balaban J connectivity index is 1.79. The number of halogens is 2. The summed E-state index contributed by atoms with van der Waals surface area (Å²) in [5, 5.41) is 12.7. The van der Waals surface area contributed by atoms with Crippen molar-refractivity contribution in [3.63, 3.8) is 0 Å². The molecule has 0 heterocycles. The first-order chi connectivity index (χ1) is 14.8. The van der Waals surface area contributed by atoms with Gasteiger partial charge in [-0.2, -0.15) is 0 Å². The monoisotopic (exact) mass is 444 g/mol. The van der Waals surface area contributed by atoms with E-state index in [1.807, 2.05) is 13.0 Å². The third-order valence-electron chi connectivity index (χ3n) is 4.34. The molecular weight excluding hydrogens is 427 g/mol. The summed E-state index contributed by atoms with van der Waals surface area (Å²) >= 11 is 6.09. The lowest BCUT2D eigenvalue weighted by Crippen LogP contribution is -2.14. The SMILES string of the molecule is Cc1ccc(Nc2c(F)cccc2Cl)c(CC(=O)Oc2ccccc2CO[N+](=O)[O-])c1. The van der Waals surface area contributed by atoms with E-state index in [0.717, 1.165) is 5.56 Å². The minimum absolute atomic E-state index is 0.102. The molecule has 31 heavy (non-hydrogen) atoms. The zero-order valence-corrected chi connectivity index (χ0v) is 17.2. The van der Waals surface area contributed by atoms with Gasteiger partial charge >= 0.3 is 5.97 Å². The highest BCUT2D eigenvalue weighted by Gasteiger charge is 2.15. The summed E-state index contributed by atoms with van der Waals surface area (Å²) in [6, 6.07) is 16.0. The number of benzene rings is 3. The molecule has 0 aliphatic heterocycles. The number of hydrogen-bond donors (Lipinski definition) is 1. The molecule has 7 nitrogen and oxygen atoms in total. The summed E-state index contributed by atoms with van der Waals surface area (Å²) in [7, 11) is 0. The predicted octanol–water partition coefficient (Wildman–Crippen LogP) is 5.39. The first-order valence-electron chi connectivity index (χ1n) is 9.20. The number of ether oxygens (including phenoxy) is 1. The Morgan fingerprint density at radius 2 is 1.90 bits per heavy atom. The van der Waals surface area contributed by atoms with Gasteiger partial charge in [-0.05, 0) is 36.8 Å². The highest BCUT2D eigenvalue weighted by molar-refractivity contribution is 6.33. The molecule has 0 saturated heterocycles. The van der Waals surface area contributed by atoms with Crippen molar-refractivity contribution in [2.24, 2.45) is 0 Å². The summed E-state index contributed by atoms with van der Waals surface area (Å²) in [6.45, 7) is 1.51. The normalized spacial score (nSPS) is 10.4. The van der Waals surface area contributed by atoms with Crippen molar-refractivity contribution in [2.75, 3.05) is 5.32 Å². The van der Waals surface area contributed by atoms with Crippen LogP contribution >= 0.6 is 11.6 Å². The van der Waals surface area contributed by atoms with Crippen LogP contribution in [0.1, 0.15) is 16.7 Å². The number of para-hydroxylation sites is 2. The van der Waals surface area contributed by atoms with Crippen LogP contribution < -0.4 is 10.1 Å². The van der Waals surface area contributed by atoms with Crippen LogP contribution in [0.3, 0.4) is 0 Å². The number of hydrogen-bond acceptors (Lipinski definition) is 6. The van der Waals surface area contributed by atoms with E-state index < -0.39 is 16.9 Å². The van der Waals surface area contributed by atoms with Gasteiger partial charge in [-0.25, -0.2) is 4.39 Å². The van der Waals surface area contributed by atoms with E-state index in [9.17, 15) is 19.3 Å². The van der Waals surface area contributed by atoms with Crippen molar-refractivity contribution in [2.45, 2.75) is 20.0 Å². The molecule has 3 aromatic carbocycles. The Hall–Kier alpha value is -3.65. The molecule has 0 radical (unpaired) electrons. The molecule has 0 aliphatic rings. The third-order valence-corrected chi connectivity index (χ3v) is 4.65. The summed E-state index contributed by atoms with van der Waals surface area (Å²) in [5.74, 6) is -0.961. The fourth-order valence-corrected chi connectivity index (χ4v) is 3.11. The lowest BCUT2D eigenvalue weighted by molar-refractivity contribution is -0.763. The highest BCUT2D eigenvalue weighted by atomic mass is 35.5. The Morgan fingerprint density at radius 1 is 1.13 bits per heavy atom. The summed E-state index contributed by atoms with van der Waals surface area (Å²) in [5.41, 5.74) is 2.42. The van der Waals surface area contributed by atoms with E-state index in [4.69, 9.17) is 16.3 Å².